The summed E-state index contributed by atoms with van der Waals surface area (Å²) in [6, 6.07) is 9.50. The van der Waals surface area contributed by atoms with Crippen molar-refractivity contribution < 1.29 is 14.3 Å². The van der Waals surface area contributed by atoms with E-state index in [-0.39, 0.29) is 18.4 Å². The number of amides is 2. The Kier molecular flexibility index (Phi) is 7.45. The van der Waals surface area contributed by atoms with Crippen LogP contribution in [0, 0.1) is 12.3 Å². The Balaban J connectivity index is 1.92. The molecule has 0 bridgehead atoms. The quantitative estimate of drug-likeness (QED) is 0.771. The van der Waals surface area contributed by atoms with Gasteiger partial charge in [-0.15, -0.1) is 6.42 Å². The summed E-state index contributed by atoms with van der Waals surface area (Å²) in [6.07, 6.45) is 5.37. The Morgan fingerprint density at radius 2 is 2.00 bits per heavy atom. The van der Waals surface area contributed by atoms with Crippen LogP contribution in [0.3, 0.4) is 0 Å². The molecule has 1 atom stereocenters. The van der Waals surface area contributed by atoms with Gasteiger partial charge in [0.05, 0.1) is 13.1 Å². The van der Waals surface area contributed by atoms with Crippen molar-refractivity contribution in [2.45, 2.75) is 12.5 Å². The number of nitrogens with one attached hydrogen (secondary N) is 1. The van der Waals surface area contributed by atoms with Crippen molar-refractivity contribution in [2.75, 3.05) is 46.4 Å². The molecule has 1 N–H and O–H groups in total. The van der Waals surface area contributed by atoms with Gasteiger partial charge in [-0.1, -0.05) is 36.3 Å². The Morgan fingerprint density at radius 3 is 2.68 bits per heavy atom. The predicted octanol–water partition coefficient (Wildman–Crippen LogP) is 0.658. The predicted molar refractivity (Wildman–Crippen MR) is 95.7 cm³/mol. The van der Waals surface area contributed by atoms with Gasteiger partial charge < -0.3 is 15.0 Å². The monoisotopic (exact) mass is 343 g/mol. The molecule has 1 fully saturated rings. The van der Waals surface area contributed by atoms with E-state index in [4.69, 9.17) is 11.2 Å². The second-order valence-corrected chi connectivity index (χ2v) is 5.96. The van der Waals surface area contributed by atoms with Crippen molar-refractivity contribution in [3.05, 3.63) is 35.9 Å². The van der Waals surface area contributed by atoms with Crippen LogP contribution in [0.15, 0.2) is 30.3 Å². The lowest BCUT2D eigenvalue weighted by Crippen LogP contribution is -2.41. The van der Waals surface area contributed by atoms with Crippen LogP contribution >= 0.6 is 0 Å². The molecule has 0 radical (unpaired) electrons. The highest BCUT2D eigenvalue weighted by atomic mass is 16.5. The van der Waals surface area contributed by atoms with Gasteiger partial charge in [0, 0.05) is 33.3 Å². The Bertz CT molecular complexity index is 612. The normalized spacial score (nSPS) is 16.6. The van der Waals surface area contributed by atoms with Crippen LogP contribution in [0.2, 0.25) is 0 Å². The van der Waals surface area contributed by atoms with Crippen molar-refractivity contribution in [3.8, 4) is 12.3 Å². The van der Waals surface area contributed by atoms with E-state index in [1.165, 1.54) is 0 Å². The fourth-order valence-corrected chi connectivity index (χ4v) is 2.93. The third-order valence-electron chi connectivity index (χ3n) is 4.22. The van der Waals surface area contributed by atoms with Crippen LogP contribution < -0.4 is 5.32 Å². The van der Waals surface area contributed by atoms with E-state index < -0.39 is 6.10 Å². The molecule has 1 saturated heterocycles. The lowest BCUT2D eigenvalue weighted by molar-refractivity contribution is -0.142. The summed E-state index contributed by atoms with van der Waals surface area (Å²) in [5.41, 5.74) is 0.852. The number of methoxy groups -OCH3 is 1. The first-order valence-corrected chi connectivity index (χ1v) is 8.44. The molecule has 1 aliphatic rings. The molecular weight excluding hydrogens is 318 g/mol. The standard InChI is InChI=1S/C19H25N3O3/c1-3-10-20-17(23)15-21-11-7-12-22(14-13-21)19(24)18(25-2)16-8-5-4-6-9-16/h1,4-6,8-9,18H,7,10-15H2,2H3,(H,20,23)/t18-/m0/s1. The average Bonchev–Trinajstić information content (AvgIpc) is 2.87. The van der Waals surface area contributed by atoms with E-state index in [1.807, 2.05) is 40.1 Å². The van der Waals surface area contributed by atoms with E-state index in [2.05, 4.69) is 11.2 Å². The molecule has 6 heteroatoms. The number of carbonyl (C=O) groups excluding carboxylic acids is 2. The third-order valence-corrected chi connectivity index (χ3v) is 4.22. The number of carbonyl (C=O) groups is 2. The van der Waals surface area contributed by atoms with Crippen molar-refractivity contribution in [2.24, 2.45) is 0 Å². The number of rotatable bonds is 6. The molecule has 1 heterocycles. The molecule has 0 aromatic heterocycles. The van der Waals surface area contributed by atoms with Gasteiger partial charge in [0.2, 0.25) is 5.91 Å². The van der Waals surface area contributed by atoms with Gasteiger partial charge in [-0.3, -0.25) is 14.5 Å². The lowest BCUT2D eigenvalue weighted by Gasteiger charge is -2.26. The van der Waals surface area contributed by atoms with Gasteiger partial charge in [-0.25, -0.2) is 0 Å². The zero-order valence-corrected chi connectivity index (χ0v) is 14.6. The highest BCUT2D eigenvalue weighted by Gasteiger charge is 2.27. The van der Waals surface area contributed by atoms with Crippen LogP contribution in [-0.2, 0) is 14.3 Å². The minimum atomic E-state index is -0.591. The molecule has 2 rings (SSSR count). The van der Waals surface area contributed by atoms with Crippen LogP contribution in [0.1, 0.15) is 18.1 Å². The second kappa shape index (κ2) is 9.82. The lowest BCUT2D eigenvalue weighted by atomic mass is 10.1. The van der Waals surface area contributed by atoms with Gasteiger partial charge in [-0.2, -0.15) is 0 Å². The number of hydrogen-bond acceptors (Lipinski definition) is 4. The van der Waals surface area contributed by atoms with Crippen LogP contribution in [0.25, 0.3) is 0 Å². The second-order valence-electron chi connectivity index (χ2n) is 5.96. The maximum absolute atomic E-state index is 12.8. The molecule has 134 valence electrons. The number of nitrogens with zero attached hydrogens (tertiary/aromatic N) is 2. The van der Waals surface area contributed by atoms with Gasteiger partial charge in [0.15, 0.2) is 6.10 Å². The van der Waals surface area contributed by atoms with E-state index >= 15 is 0 Å². The topological polar surface area (TPSA) is 61.9 Å². The van der Waals surface area contributed by atoms with E-state index in [1.54, 1.807) is 7.11 Å². The molecular formula is C19H25N3O3. The third kappa shape index (κ3) is 5.59. The number of ether oxygens (including phenoxy) is 1. The molecule has 1 aliphatic heterocycles. The van der Waals surface area contributed by atoms with Crippen LogP contribution in [-0.4, -0.2) is 68.0 Å². The van der Waals surface area contributed by atoms with E-state index in [0.29, 0.717) is 26.2 Å². The van der Waals surface area contributed by atoms with E-state index in [0.717, 1.165) is 18.5 Å². The summed E-state index contributed by atoms with van der Waals surface area (Å²) in [7, 11) is 1.55. The Labute approximate surface area is 149 Å². The molecule has 0 aliphatic carbocycles. The minimum Gasteiger partial charge on any atom is -0.367 e. The smallest absolute Gasteiger partial charge is 0.256 e. The Hall–Kier alpha value is -2.36. The first-order valence-electron chi connectivity index (χ1n) is 8.44. The van der Waals surface area contributed by atoms with Gasteiger partial charge in [0.1, 0.15) is 0 Å². The maximum Gasteiger partial charge on any atom is 0.256 e. The van der Waals surface area contributed by atoms with Crippen LogP contribution in [0.5, 0.6) is 0 Å². The molecule has 2 amide bonds. The highest BCUT2D eigenvalue weighted by molar-refractivity contribution is 5.82. The molecule has 1 aromatic carbocycles. The minimum absolute atomic E-state index is 0.0349. The summed E-state index contributed by atoms with van der Waals surface area (Å²) in [5, 5.41) is 2.67. The Morgan fingerprint density at radius 1 is 1.24 bits per heavy atom. The summed E-state index contributed by atoms with van der Waals surface area (Å²) in [5.74, 6) is 2.27. The molecule has 6 nitrogen and oxygen atoms in total. The van der Waals surface area contributed by atoms with Crippen molar-refractivity contribution in [3.63, 3.8) is 0 Å². The SMILES string of the molecule is C#CCNC(=O)CN1CCCN(C(=O)[C@@H](OC)c2ccccc2)CC1. The first-order chi connectivity index (χ1) is 12.2. The van der Waals surface area contributed by atoms with Gasteiger partial charge in [0.25, 0.3) is 5.91 Å². The summed E-state index contributed by atoms with van der Waals surface area (Å²) < 4.78 is 5.44. The summed E-state index contributed by atoms with van der Waals surface area (Å²) >= 11 is 0. The van der Waals surface area contributed by atoms with Gasteiger partial charge in [-0.05, 0) is 12.0 Å². The average molecular weight is 343 g/mol. The van der Waals surface area contributed by atoms with Gasteiger partial charge >= 0.3 is 0 Å². The largest absolute Gasteiger partial charge is 0.367 e. The fraction of sp³-hybridized carbons (Fsp3) is 0.474. The zero-order chi connectivity index (χ0) is 18.1. The fourth-order valence-electron chi connectivity index (χ4n) is 2.93. The molecule has 1 aromatic rings. The first kappa shape index (κ1) is 19.0. The van der Waals surface area contributed by atoms with E-state index in [9.17, 15) is 9.59 Å². The number of terminal acetylenes is 1. The summed E-state index contributed by atoms with van der Waals surface area (Å²) in [6.45, 7) is 3.21. The molecule has 0 unspecified atom stereocenters. The highest BCUT2D eigenvalue weighted by Crippen LogP contribution is 2.20. The van der Waals surface area contributed by atoms with Crippen molar-refractivity contribution in [1.29, 1.82) is 0 Å². The number of benzene rings is 1. The maximum atomic E-state index is 12.8. The van der Waals surface area contributed by atoms with Crippen molar-refractivity contribution >= 4 is 11.8 Å². The summed E-state index contributed by atoms with van der Waals surface area (Å²) in [4.78, 5) is 28.5. The van der Waals surface area contributed by atoms with Crippen molar-refractivity contribution in [1.82, 2.24) is 15.1 Å². The molecule has 25 heavy (non-hydrogen) atoms. The molecule has 0 spiro atoms. The zero-order valence-electron chi connectivity index (χ0n) is 14.6. The number of hydrogen-bond donors (Lipinski definition) is 1. The van der Waals surface area contributed by atoms with Crippen LogP contribution in [0.4, 0.5) is 0 Å². The molecule has 0 saturated carbocycles.